The fourth-order valence-corrected chi connectivity index (χ4v) is 1.23. The van der Waals surface area contributed by atoms with E-state index < -0.39 is 0 Å². The molecular formula is C15H22Cl2PTi. The minimum Gasteiger partial charge on any atom is -0.273 e. The van der Waals surface area contributed by atoms with Gasteiger partial charge in [0.25, 0.3) is 0 Å². The number of rotatable bonds is 1. The summed E-state index contributed by atoms with van der Waals surface area (Å²) in [6.45, 7) is 4.17. The Bertz CT molecular complexity index is 348. The Kier molecular flexibility index (Phi) is 23.4. The smallest absolute Gasteiger partial charge is 0.0128 e. The van der Waals surface area contributed by atoms with E-state index in [0.717, 1.165) is 12.6 Å². The summed E-state index contributed by atoms with van der Waals surface area (Å²) in [5.74, 6) is 0. The maximum Gasteiger partial charge on any atom is -0.0128 e. The second kappa shape index (κ2) is 18.3. The molecule has 2 rings (SSSR count). The molecule has 0 radical (unpaired) electrons. The SMILES string of the molecule is C[C](C)=[Ti+].Cl.Cl.PCc1ccccc1.[C-]1=CC=CC1. The van der Waals surface area contributed by atoms with Crippen molar-refractivity contribution in [1.29, 1.82) is 0 Å². The maximum absolute atomic E-state index is 2.99. The first-order valence-corrected chi connectivity index (χ1v) is 7.24. The molecule has 1 atom stereocenters. The molecule has 0 heterocycles. The van der Waals surface area contributed by atoms with Crippen molar-refractivity contribution < 1.29 is 20.0 Å². The number of hydrogen-bond donors (Lipinski definition) is 0. The molecule has 105 valence electrons. The fourth-order valence-electron chi connectivity index (χ4n) is 0.954. The van der Waals surface area contributed by atoms with Gasteiger partial charge in [-0.05, 0) is 11.7 Å². The Morgan fingerprint density at radius 1 is 1.21 bits per heavy atom. The molecule has 0 saturated heterocycles. The summed E-state index contributed by atoms with van der Waals surface area (Å²) in [6, 6.07) is 10.4. The van der Waals surface area contributed by atoms with Crippen molar-refractivity contribution in [1.82, 2.24) is 0 Å². The summed E-state index contributed by atoms with van der Waals surface area (Å²) in [5, 5.41) is 0. The zero-order chi connectivity index (χ0) is 12.9. The largest absolute Gasteiger partial charge is 0.273 e. The minimum atomic E-state index is 0. The Labute approximate surface area is 144 Å². The van der Waals surface area contributed by atoms with Crippen molar-refractivity contribution in [2.24, 2.45) is 0 Å². The van der Waals surface area contributed by atoms with Crippen LogP contribution >= 0.6 is 34.1 Å². The van der Waals surface area contributed by atoms with Gasteiger partial charge in [0, 0.05) is 0 Å². The Morgan fingerprint density at radius 2 is 1.74 bits per heavy atom. The fraction of sp³-hybridized carbons (Fsp3) is 0.267. The van der Waals surface area contributed by atoms with Gasteiger partial charge in [-0.25, -0.2) is 12.2 Å². The second-order valence-electron chi connectivity index (χ2n) is 3.69. The zero-order valence-corrected chi connectivity index (χ0v) is 15.8. The third-order valence-corrected chi connectivity index (χ3v) is 2.14. The molecule has 0 aromatic heterocycles. The average molecular weight is 352 g/mol. The molecule has 1 aromatic carbocycles. The summed E-state index contributed by atoms with van der Waals surface area (Å²) in [4.78, 5) is 0. The van der Waals surface area contributed by atoms with Crippen molar-refractivity contribution in [2.75, 3.05) is 0 Å². The molecule has 1 aliphatic carbocycles. The van der Waals surface area contributed by atoms with Crippen LogP contribution in [0.5, 0.6) is 0 Å². The molecule has 0 saturated carbocycles. The zero-order valence-electron chi connectivity index (χ0n) is 11.4. The molecule has 0 bridgehead atoms. The van der Waals surface area contributed by atoms with Crippen LogP contribution in [0.1, 0.15) is 25.8 Å². The Hall–Kier alpha value is 0.294. The van der Waals surface area contributed by atoms with Gasteiger partial charge < -0.3 is 0 Å². The predicted molar refractivity (Wildman–Crippen MR) is 92.3 cm³/mol. The van der Waals surface area contributed by atoms with Gasteiger partial charge in [0.1, 0.15) is 0 Å². The van der Waals surface area contributed by atoms with Gasteiger partial charge >= 0.3 is 37.6 Å². The van der Waals surface area contributed by atoms with Crippen molar-refractivity contribution >= 4 is 37.9 Å². The van der Waals surface area contributed by atoms with E-state index in [1.165, 1.54) is 9.37 Å². The van der Waals surface area contributed by atoms with Gasteiger partial charge in [-0.2, -0.15) is 6.08 Å². The Balaban J connectivity index is -0.000000206. The van der Waals surface area contributed by atoms with E-state index in [9.17, 15) is 0 Å². The van der Waals surface area contributed by atoms with Crippen LogP contribution in [0.2, 0.25) is 0 Å². The van der Waals surface area contributed by atoms with Crippen LogP contribution in [-0.4, -0.2) is 3.81 Å². The number of hydrogen-bond acceptors (Lipinski definition) is 0. The quantitative estimate of drug-likeness (QED) is 0.381. The van der Waals surface area contributed by atoms with Gasteiger partial charge in [-0.3, -0.25) is 6.08 Å². The number of benzene rings is 1. The first-order chi connectivity index (χ1) is 8.16. The molecule has 0 spiro atoms. The topological polar surface area (TPSA) is 0 Å². The number of allylic oxidation sites excluding steroid dienone is 4. The summed E-state index contributed by atoms with van der Waals surface area (Å²) in [5.41, 5.74) is 1.37. The molecule has 1 unspecified atom stereocenters. The van der Waals surface area contributed by atoms with Crippen LogP contribution in [0.3, 0.4) is 0 Å². The van der Waals surface area contributed by atoms with Crippen LogP contribution in [-0.2, 0) is 26.1 Å². The van der Waals surface area contributed by atoms with E-state index in [-0.39, 0.29) is 24.8 Å². The van der Waals surface area contributed by atoms with Gasteiger partial charge in [0.2, 0.25) is 0 Å². The summed E-state index contributed by atoms with van der Waals surface area (Å²) >= 11 is 2.08. The standard InChI is InChI=1S/C7H9P.C5H5.C3H6.2ClH.Ti/c8-6-7-4-2-1-3-5-7;1-2-4-5-3-1;1-3-2;;;/h1-5H,6,8H2;1-3H,4H2;1-2H3;2*1H;/q;-1;;;;+1. The van der Waals surface area contributed by atoms with E-state index in [1.54, 1.807) is 0 Å². The normalized spacial score (nSPS) is 9.95. The van der Waals surface area contributed by atoms with Crippen LogP contribution < -0.4 is 0 Å². The average Bonchev–Trinajstić information content (AvgIpc) is 2.88. The van der Waals surface area contributed by atoms with Crippen molar-refractivity contribution in [2.45, 2.75) is 26.4 Å². The third-order valence-electron chi connectivity index (χ3n) is 1.66. The molecule has 19 heavy (non-hydrogen) atoms. The van der Waals surface area contributed by atoms with E-state index in [0.29, 0.717) is 0 Å². The van der Waals surface area contributed by atoms with Crippen LogP contribution in [0.15, 0.2) is 48.6 Å². The molecule has 0 amide bonds. The van der Waals surface area contributed by atoms with Crippen LogP contribution in [0.4, 0.5) is 0 Å². The molecule has 4 heteroatoms. The molecule has 0 N–H and O–H groups in total. The summed E-state index contributed by atoms with van der Waals surface area (Å²) < 4.78 is 1.42. The first-order valence-electron chi connectivity index (χ1n) is 5.64. The Morgan fingerprint density at radius 3 is 1.95 bits per heavy atom. The molecule has 0 aliphatic heterocycles. The van der Waals surface area contributed by atoms with Gasteiger partial charge in [-0.15, -0.1) is 40.5 Å². The summed E-state index contributed by atoms with van der Waals surface area (Å²) in [7, 11) is 2.69. The van der Waals surface area contributed by atoms with E-state index in [4.69, 9.17) is 0 Å². The summed E-state index contributed by atoms with van der Waals surface area (Å²) in [6.07, 6.45) is 11.1. The number of halogens is 2. The second-order valence-corrected chi connectivity index (χ2v) is 5.66. The molecule has 0 fully saturated rings. The minimum absolute atomic E-state index is 0. The van der Waals surface area contributed by atoms with Gasteiger partial charge in [-0.1, -0.05) is 30.3 Å². The van der Waals surface area contributed by atoms with Crippen molar-refractivity contribution in [3.8, 4) is 0 Å². The van der Waals surface area contributed by atoms with Gasteiger partial charge in [0.05, 0.1) is 0 Å². The maximum atomic E-state index is 2.99. The van der Waals surface area contributed by atoms with Crippen molar-refractivity contribution in [3.63, 3.8) is 0 Å². The molecule has 1 aliphatic rings. The molecule has 0 nitrogen and oxygen atoms in total. The van der Waals surface area contributed by atoms with Gasteiger partial charge in [0.15, 0.2) is 0 Å². The van der Waals surface area contributed by atoms with Crippen LogP contribution in [0, 0.1) is 6.08 Å². The molecular weight excluding hydrogens is 330 g/mol. The molecule has 1 aromatic rings. The van der Waals surface area contributed by atoms with E-state index >= 15 is 0 Å². The predicted octanol–water partition coefficient (Wildman–Crippen LogP) is 4.96. The van der Waals surface area contributed by atoms with E-state index in [1.807, 2.05) is 18.2 Å². The first kappa shape index (κ1) is 24.3. The van der Waals surface area contributed by atoms with Crippen LogP contribution in [0.25, 0.3) is 0 Å². The van der Waals surface area contributed by atoms with E-state index in [2.05, 4.69) is 79.5 Å². The van der Waals surface area contributed by atoms with Crippen molar-refractivity contribution in [3.05, 3.63) is 60.2 Å². The monoisotopic (exact) mass is 351 g/mol. The third kappa shape index (κ3) is 20.8.